The number of rotatable bonds is 8. The second-order valence-electron chi connectivity index (χ2n) is 6.06. The van der Waals surface area contributed by atoms with Gasteiger partial charge in [-0.1, -0.05) is 39.5 Å². The Balaban J connectivity index is 2.04. The molecule has 0 aromatic carbocycles. The standard InChI is InChI=1S/C15H30N2O/c1-12(2)8-6-7-11-16-13(3)15(18)17-14-9-4-5-10-14/h12-14,16H,4-11H2,1-3H3,(H,17,18). The second kappa shape index (κ2) is 8.52. The van der Waals surface area contributed by atoms with E-state index < -0.39 is 0 Å². The molecule has 0 spiro atoms. The van der Waals surface area contributed by atoms with Crippen LogP contribution in [0.4, 0.5) is 0 Å². The van der Waals surface area contributed by atoms with Gasteiger partial charge in [0.2, 0.25) is 5.91 Å². The quantitative estimate of drug-likeness (QED) is 0.654. The molecule has 1 unspecified atom stereocenters. The molecule has 0 bridgehead atoms. The first kappa shape index (κ1) is 15.5. The Morgan fingerprint density at radius 2 is 1.83 bits per heavy atom. The fourth-order valence-corrected chi connectivity index (χ4v) is 2.49. The summed E-state index contributed by atoms with van der Waals surface area (Å²) in [6.45, 7) is 7.43. The molecule has 18 heavy (non-hydrogen) atoms. The third-order valence-electron chi connectivity index (χ3n) is 3.75. The third-order valence-corrected chi connectivity index (χ3v) is 3.75. The highest BCUT2D eigenvalue weighted by Crippen LogP contribution is 2.17. The van der Waals surface area contributed by atoms with Crippen LogP contribution in [-0.2, 0) is 4.79 Å². The lowest BCUT2D eigenvalue weighted by molar-refractivity contribution is -0.123. The fraction of sp³-hybridized carbons (Fsp3) is 0.933. The van der Waals surface area contributed by atoms with Gasteiger partial charge in [0.15, 0.2) is 0 Å². The smallest absolute Gasteiger partial charge is 0.237 e. The zero-order valence-electron chi connectivity index (χ0n) is 12.3. The Labute approximate surface area is 112 Å². The van der Waals surface area contributed by atoms with Gasteiger partial charge in [-0.05, 0) is 38.6 Å². The van der Waals surface area contributed by atoms with Gasteiger partial charge >= 0.3 is 0 Å². The van der Waals surface area contributed by atoms with Crippen LogP contribution in [0.15, 0.2) is 0 Å². The number of hydrogen-bond donors (Lipinski definition) is 2. The van der Waals surface area contributed by atoms with Gasteiger partial charge in [0.25, 0.3) is 0 Å². The molecule has 0 aliphatic heterocycles. The molecular weight excluding hydrogens is 224 g/mol. The topological polar surface area (TPSA) is 41.1 Å². The molecule has 3 heteroatoms. The summed E-state index contributed by atoms with van der Waals surface area (Å²) in [5.41, 5.74) is 0. The minimum Gasteiger partial charge on any atom is -0.352 e. The molecule has 3 nitrogen and oxygen atoms in total. The lowest BCUT2D eigenvalue weighted by Crippen LogP contribution is -2.45. The van der Waals surface area contributed by atoms with Gasteiger partial charge in [-0.25, -0.2) is 0 Å². The average Bonchev–Trinajstić information content (AvgIpc) is 2.80. The minimum atomic E-state index is -0.0512. The summed E-state index contributed by atoms with van der Waals surface area (Å²) in [6.07, 6.45) is 8.55. The van der Waals surface area contributed by atoms with Crippen LogP contribution in [0.2, 0.25) is 0 Å². The Morgan fingerprint density at radius 3 is 2.44 bits per heavy atom. The number of nitrogens with one attached hydrogen (secondary N) is 2. The molecule has 106 valence electrons. The molecule has 1 aliphatic rings. The van der Waals surface area contributed by atoms with Crippen molar-refractivity contribution in [3.63, 3.8) is 0 Å². The van der Waals surface area contributed by atoms with Crippen molar-refractivity contribution in [3.8, 4) is 0 Å². The highest BCUT2D eigenvalue weighted by Gasteiger charge is 2.19. The van der Waals surface area contributed by atoms with E-state index in [0.29, 0.717) is 6.04 Å². The largest absolute Gasteiger partial charge is 0.352 e. The molecule has 1 atom stereocenters. The molecule has 1 fully saturated rings. The summed E-state index contributed by atoms with van der Waals surface area (Å²) in [6, 6.07) is 0.382. The first-order valence-corrected chi connectivity index (χ1v) is 7.63. The maximum atomic E-state index is 11.9. The van der Waals surface area contributed by atoms with E-state index in [1.807, 2.05) is 6.92 Å². The summed E-state index contributed by atoms with van der Waals surface area (Å²) in [7, 11) is 0. The number of carbonyl (C=O) groups excluding carboxylic acids is 1. The molecule has 1 amide bonds. The zero-order chi connectivity index (χ0) is 13.4. The van der Waals surface area contributed by atoms with Crippen LogP contribution in [0.1, 0.15) is 65.7 Å². The zero-order valence-corrected chi connectivity index (χ0v) is 12.3. The van der Waals surface area contributed by atoms with Crippen LogP contribution < -0.4 is 10.6 Å². The Hall–Kier alpha value is -0.570. The SMILES string of the molecule is CC(C)CCCCNC(C)C(=O)NC1CCCC1. The van der Waals surface area contributed by atoms with Gasteiger partial charge in [-0.3, -0.25) is 4.79 Å². The predicted octanol–water partition coefficient (Wildman–Crippen LogP) is 2.85. The molecule has 1 aliphatic carbocycles. The predicted molar refractivity (Wildman–Crippen MR) is 76.6 cm³/mol. The highest BCUT2D eigenvalue weighted by atomic mass is 16.2. The van der Waals surface area contributed by atoms with Crippen molar-refractivity contribution in [2.75, 3.05) is 6.54 Å². The van der Waals surface area contributed by atoms with E-state index in [1.54, 1.807) is 0 Å². The van der Waals surface area contributed by atoms with Gasteiger partial charge in [-0.2, -0.15) is 0 Å². The molecule has 0 radical (unpaired) electrons. The molecule has 1 saturated carbocycles. The number of carbonyl (C=O) groups is 1. The van der Waals surface area contributed by atoms with Gasteiger partial charge in [0, 0.05) is 6.04 Å². The maximum absolute atomic E-state index is 11.9. The van der Waals surface area contributed by atoms with Gasteiger partial charge in [0.05, 0.1) is 6.04 Å². The summed E-state index contributed by atoms with van der Waals surface area (Å²) >= 11 is 0. The van der Waals surface area contributed by atoms with Crippen molar-refractivity contribution < 1.29 is 4.79 Å². The van der Waals surface area contributed by atoms with E-state index >= 15 is 0 Å². The highest BCUT2D eigenvalue weighted by molar-refractivity contribution is 5.81. The lowest BCUT2D eigenvalue weighted by Gasteiger charge is -2.17. The van der Waals surface area contributed by atoms with Gasteiger partial charge in [0.1, 0.15) is 0 Å². The molecule has 0 aromatic rings. The van der Waals surface area contributed by atoms with Gasteiger partial charge in [-0.15, -0.1) is 0 Å². The fourth-order valence-electron chi connectivity index (χ4n) is 2.49. The van der Waals surface area contributed by atoms with Crippen LogP contribution in [0.25, 0.3) is 0 Å². The number of unbranched alkanes of at least 4 members (excludes halogenated alkanes) is 1. The van der Waals surface area contributed by atoms with E-state index in [0.717, 1.165) is 25.3 Å². The van der Waals surface area contributed by atoms with Crippen molar-refractivity contribution in [3.05, 3.63) is 0 Å². The van der Waals surface area contributed by atoms with Gasteiger partial charge < -0.3 is 10.6 Å². The van der Waals surface area contributed by atoms with E-state index in [1.165, 1.54) is 32.1 Å². The van der Waals surface area contributed by atoms with E-state index in [4.69, 9.17) is 0 Å². The van der Waals surface area contributed by atoms with Crippen LogP contribution in [-0.4, -0.2) is 24.5 Å². The lowest BCUT2D eigenvalue weighted by atomic mass is 10.1. The Kier molecular flexibility index (Phi) is 7.33. The average molecular weight is 254 g/mol. The Bertz CT molecular complexity index is 235. The molecule has 0 aromatic heterocycles. The minimum absolute atomic E-state index is 0.0512. The first-order chi connectivity index (χ1) is 8.59. The van der Waals surface area contributed by atoms with E-state index in [2.05, 4.69) is 24.5 Å². The summed E-state index contributed by atoms with van der Waals surface area (Å²) < 4.78 is 0. The normalized spacial score (nSPS) is 18.2. The van der Waals surface area contributed by atoms with Crippen LogP contribution in [0, 0.1) is 5.92 Å². The van der Waals surface area contributed by atoms with Crippen molar-refractivity contribution in [2.24, 2.45) is 5.92 Å². The number of hydrogen-bond acceptors (Lipinski definition) is 2. The molecule has 0 heterocycles. The second-order valence-corrected chi connectivity index (χ2v) is 6.06. The molecular formula is C15H30N2O. The first-order valence-electron chi connectivity index (χ1n) is 7.63. The van der Waals surface area contributed by atoms with Crippen LogP contribution in [0.5, 0.6) is 0 Å². The molecule has 0 saturated heterocycles. The number of amides is 1. The summed E-state index contributed by atoms with van der Waals surface area (Å²) in [5.74, 6) is 0.957. The summed E-state index contributed by atoms with van der Waals surface area (Å²) in [5, 5.41) is 6.45. The van der Waals surface area contributed by atoms with Crippen LogP contribution in [0.3, 0.4) is 0 Å². The van der Waals surface area contributed by atoms with Crippen LogP contribution >= 0.6 is 0 Å². The van der Waals surface area contributed by atoms with Crippen molar-refractivity contribution in [2.45, 2.75) is 77.8 Å². The van der Waals surface area contributed by atoms with E-state index in [-0.39, 0.29) is 11.9 Å². The van der Waals surface area contributed by atoms with Crippen molar-refractivity contribution >= 4 is 5.91 Å². The van der Waals surface area contributed by atoms with Crippen molar-refractivity contribution in [1.29, 1.82) is 0 Å². The third kappa shape index (κ3) is 6.39. The monoisotopic (exact) mass is 254 g/mol. The Morgan fingerprint density at radius 1 is 1.17 bits per heavy atom. The van der Waals surface area contributed by atoms with E-state index in [9.17, 15) is 4.79 Å². The summed E-state index contributed by atoms with van der Waals surface area (Å²) in [4.78, 5) is 11.9. The maximum Gasteiger partial charge on any atom is 0.237 e. The molecule has 1 rings (SSSR count). The van der Waals surface area contributed by atoms with Crippen molar-refractivity contribution in [1.82, 2.24) is 10.6 Å². The molecule has 2 N–H and O–H groups in total.